The maximum Gasteiger partial charge on any atom is 0.306 e. The van der Waals surface area contributed by atoms with Crippen molar-refractivity contribution in [2.75, 3.05) is 13.2 Å². The molecule has 0 fully saturated rings. The van der Waals surface area contributed by atoms with Crippen LogP contribution in [-0.4, -0.2) is 37.2 Å². The van der Waals surface area contributed by atoms with Crippen molar-refractivity contribution < 1.29 is 28.6 Å². The molecule has 0 saturated carbocycles. The second kappa shape index (κ2) is 48.9. The van der Waals surface area contributed by atoms with E-state index in [-0.39, 0.29) is 31.1 Å². The Bertz CT molecular complexity index is 949. The second-order valence-corrected chi connectivity index (χ2v) is 19.9. The van der Waals surface area contributed by atoms with Gasteiger partial charge in [-0.05, 0) is 31.1 Å². The van der Waals surface area contributed by atoms with E-state index in [0.717, 1.165) is 69.6 Å². The molecule has 0 spiro atoms. The molecule has 6 heteroatoms. The molecule has 0 amide bonds. The van der Waals surface area contributed by atoms with Crippen LogP contribution in [0.3, 0.4) is 0 Å². The van der Waals surface area contributed by atoms with Crippen LogP contribution < -0.4 is 0 Å². The summed E-state index contributed by atoms with van der Waals surface area (Å²) in [6, 6.07) is 0. The predicted molar refractivity (Wildman–Crippen MR) is 266 cm³/mol. The molecule has 0 aromatic heterocycles. The highest BCUT2D eigenvalue weighted by Gasteiger charge is 2.19. The van der Waals surface area contributed by atoms with Crippen LogP contribution in [0.25, 0.3) is 0 Å². The first-order valence-corrected chi connectivity index (χ1v) is 27.8. The number of carbonyl (C=O) groups is 3. The third-order valence-electron chi connectivity index (χ3n) is 13.1. The first kappa shape index (κ1) is 60.4. The molecule has 0 saturated heterocycles. The molecule has 2 atom stereocenters. The summed E-state index contributed by atoms with van der Waals surface area (Å²) in [5.74, 6) is 0.880. The summed E-state index contributed by atoms with van der Waals surface area (Å²) in [6.45, 7) is 11.4. The lowest BCUT2D eigenvalue weighted by molar-refractivity contribution is -0.167. The van der Waals surface area contributed by atoms with Gasteiger partial charge in [-0.3, -0.25) is 14.4 Å². The third kappa shape index (κ3) is 47.9. The largest absolute Gasteiger partial charge is 0.462 e. The zero-order valence-corrected chi connectivity index (χ0v) is 42.5. The number of hydrogen-bond acceptors (Lipinski definition) is 6. The fourth-order valence-corrected chi connectivity index (χ4v) is 8.49. The minimum absolute atomic E-state index is 0.0630. The fraction of sp³-hybridized carbons (Fsp3) is 0.946. The van der Waals surface area contributed by atoms with Gasteiger partial charge in [0.1, 0.15) is 13.2 Å². The number of carbonyl (C=O) groups excluding carboxylic acids is 3. The van der Waals surface area contributed by atoms with Gasteiger partial charge in [0.05, 0.1) is 0 Å². The van der Waals surface area contributed by atoms with Crippen LogP contribution in [0.2, 0.25) is 0 Å². The van der Waals surface area contributed by atoms with Gasteiger partial charge in [-0.1, -0.05) is 272 Å². The van der Waals surface area contributed by atoms with Crippen LogP contribution in [0, 0.1) is 11.8 Å². The molecule has 0 bridgehead atoms. The highest BCUT2D eigenvalue weighted by Crippen LogP contribution is 2.18. The molecule has 368 valence electrons. The lowest BCUT2D eigenvalue weighted by Crippen LogP contribution is -2.30. The van der Waals surface area contributed by atoms with Crippen molar-refractivity contribution in [3.8, 4) is 0 Å². The molecule has 0 rings (SSSR count). The fourth-order valence-electron chi connectivity index (χ4n) is 8.49. The van der Waals surface area contributed by atoms with Crippen molar-refractivity contribution in [3.05, 3.63) is 0 Å². The molecule has 0 aliphatic heterocycles. The molecule has 0 heterocycles. The first-order valence-electron chi connectivity index (χ1n) is 27.8. The van der Waals surface area contributed by atoms with Crippen LogP contribution in [0.15, 0.2) is 0 Å². The van der Waals surface area contributed by atoms with Gasteiger partial charge >= 0.3 is 17.9 Å². The minimum Gasteiger partial charge on any atom is -0.462 e. The van der Waals surface area contributed by atoms with E-state index in [0.29, 0.717) is 19.3 Å². The van der Waals surface area contributed by atoms with Crippen LogP contribution in [-0.2, 0) is 28.6 Å². The van der Waals surface area contributed by atoms with Gasteiger partial charge in [0.2, 0.25) is 0 Å². The van der Waals surface area contributed by atoms with E-state index in [1.165, 1.54) is 199 Å². The molecular formula is C56H108O6. The number of unbranched alkanes of at least 4 members (excludes halogenated alkanes) is 34. The molecule has 0 aliphatic rings. The SMILES string of the molecule is CCCCCCCCCCCCCCC(=O)O[C@H](COC(=O)CCCCCCCCCCCCCCCCC(C)CC)COC(=O)CCCCCCCCCCCCCC(C)C. The van der Waals surface area contributed by atoms with Crippen molar-refractivity contribution in [3.63, 3.8) is 0 Å². The van der Waals surface area contributed by atoms with Gasteiger partial charge in [-0.25, -0.2) is 0 Å². The maximum absolute atomic E-state index is 12.8. The van der Waals surface area contributed by atoms with Gasteiger partial charge < -0.3 is 14.2 Å². The molecule has 62 heavy (non-hydrogen) atoms. The predicted octanol–water partition coefficient (Wildman–Crippen LogP) is 18.1. The van der Waals surface area contributed by atoms with Gasteiger partial charge in [-0.2, -0.15) is 0 Å². The number of hydrogen-bond donors (Lipinski definition) is 0. The van der Waals surface area contributed by atoms with Crippen LogP contribution in [0.1, 0.15) is 311 Å². The van der Waals surface area contributed by atoms with E-state index in [4.69, 9.17) is 14.2 Å². The molecule has 6 nitrogen and oxygen atoms in total. The lowest BCUT2D eigenvalue weighted by atomic mass is 9.99. The number of ether oxygens (including phenoxy) is 3. The molecule has 1 unspecified atom stereocenters. The molecule has 0 aromatic rings. The smallest absolute Gasteiger partial charge is 0.306 e. The Morgan fingerprint density at radius 2 is 0.613 bits per heavy atom. The summed E-state index contributed by atoms with van der Waals surface area (Å²) in [6.07, 6.45) is 50.8. The Kier molecular flexibility index (Phi) is 47.6. The van der Waals surface area contributed by atoms with Crippen molar-refractivity contribution in [2.45, 2.75) is 317 Å². The quantitative estimate of drug-likeness (QED) is 0.0344. The van der Waals surface area contributed by atoms with E-state index >= 15 is 0 Å². The summed E-state index contributed by atoms with van der Waals surface area (Å²) in [5, 5.41) is 0. The first-order chi connectivity index (χ1) is 30.3. The summed E-state index contributed by atoms with van der Waals surface area (Å²) >= 11 is 0. The van der Waals surface area contributed by atoms with Crippen LogP contribution >= 0.6 is 0 Å². The van der Waals surface area contributed by atoms with E-state index in [1.54, 1.807) is 0 Å². The Labute approximate surface area is 387 Å². The topological polar surface area (TPSA) is 78.9 Å². The van der Waals surface area contributed by atoms with E-state index in [1.807, 2.05) is 0 Å². The number of esters is 3. The van der Waals surface area contributed by atoms with Crippen molar-refractivity contribution >= 4 is 17.9 Å². The summed E-state index contributed by atoms with van der Waals surface area (Å²) in [7, 11) is 0. The highest BCUT2D eigenvalue weighted by molar-refractivity contribution is 5.71. The Hall–Kier alpha value is -1.59. The van der Waals surface area contributed by atoms with Gasteiger partial charge in [-0.15, -0.1) is 0 Å². The molecule has 0 aliphatic carbocycles. The normalized spacial score (nSPS) is 12.5. The van der Waals surface area contributed by atoms with Crippen LogP contribution in [0.5, 0.6) is 0 Å². The summed E-state index contributed by atoms with van der Waals surface area (Å²) in [5.41, 5.74) is 0. The zero-order valence-electron chi connectivity index (χ0n) is 42.5. The Morgan fingerprint density at radius 3 is 0.919 bits per heavy atom. The van der Waals surface area contributed by atoms with Crippen LogP contribution in [0.4, 0.5) is 0 Å². The van der Waals surface area contributed by atoms with Crippen molar-refractivity contribution in [2.24, 2.45) is 11.8 Å². The van der Waals surface area contributed by atoms with E-state index in [9.17, 15) is 14.4 Å². The Morgan fingerprint density at radius 1 is 0.339 bits per heavy atom. The standard InChI is InChI=1S/C56H108O6/c1-6-8-9-10-11-12-13-21-28-33-38-43-48-56(59)62-53(50-61-55(58)47-42-37-32-27-23-18-19-24-29-34-39-44-51(3)4)49-60-54(57)46-41-36-31-26-22-17-15-14-16-20-25-30-35-40-45-52(5)7-2/h51-53H,6-50H2,1-5H3/t52?,53-/m1/s1. The van der Waals surface area contributed by atoms with Crippen molar-refractivity contribution in [1.82, 2.24) is 0 Å². The zero-order chi connectivity index (χ0) is 45.4. The monoisotopic (exact) mass is 877 g/mol. The van der Waals surface area contributed by atoms with Gasteiger partial charge in [0.25, 0.3) is 0 Å². The highest BCUT2D eigenvalue weighted by atomic mass is 16.6. The van der Waals surface area contributed by atoms with Gasteiger partial charge in [0.15, 0.2) is 6.10 Å². The average Bonchev–Trinajstić information content (AvgIpc) is 3.26. The minimum atomic E-state index is -0.762. The second-order valence-electron chi connectivity index (χ2n) is 19.9. The maximum atomic E-state index is 12.8. The molecule has 0 radical (unpaired) electrons. The van der Waals surface area contributed by atoms with E-state index < -0.39 is 6.10 Å². The third-order valence-corrected chi connectivity index (χ3v) is 13.1. The molecule has 0 aromatic carbocycles. The number of rotatable bonds is 50. The van der Waals surface area contributed by atoms with Gasteiger partial charge in [0, 0.05) is 19.3 Å². The lowest BCUT2D eigenvalue weighted by Gasteiger charge is -2.18. The van der Waals surface area contributed by atoms with E-state index in [2.05, 4.69) is 34.6 Å². The Balaban J connectivity index is 4.28. The average molecular weight is 877 g/mol. The summed E-state index contributed by atoms with van der Waals surface area (Å²) in [4.78, 5) is 38.0. The molecule has 0 N–H and O–H groups in total. The van der Waals surface area contributed by atoms with Crippen molar-refractivity contribution in [1.29, 1.82) is 0 Å². The molecular weight excluding hydrogens is 769 g/mol. The summed E-state index contributed by atoms with van der Waals surface area (Å²) < 4.78 is 16.9.